The summed E-state index contributed by atoms with van der Waals surface area (Å²) in [4.78, 5) is 16.7. The Morgan fingerprint density at radius 3 is 2.68 bits per heavy atom. The molecule has 142 valence electrons. The van der Waals surface area contributed by atoms with Gasteiger partial charge in [0.25, 0.3) is 5.91 Å². The molecule has 1 aromatic heterocycles. The Hall–Kier alpha value is -3.54. The summed E-state index contributed by atoms with van der Waals surface area (Å²) in [7, 11) is 0. The number of pyridine rings is 1. The van der Waals surface area contributed by atoms with Crippen LogP contribution in [0.15, 0.2) is 54.9 Å². The highest BCUT2D eigenvalue weighted by Crippen LogP contribution is 2.32. The summed E-state index contributed by atoms with van der Waals surface area (Å²) < 4.78 is 10.7. The number of hydrogen-bond donors (Lipinski definition) is 2. The van der Waals surface area contributed by atoms with Gasteiger partial charge in [0.2, 0.25) is 6.79 Å². The van der Waals surface area contributed by atoms with Crippen molar-refractivity contribution in [3.05, 3.63) is 77.1 Å². The van der Waals surface area contributed by atoms with Crippen LogP contribution in [0.5, 0.6) is 11.5 Å². The molecule has 0 unspecified atom stereocenters. The fraction of sp³-hybridized carbons (Fsp3) is 0.182. The van der Waals surface area contributed by atoms with Crippen molar-refractivity contribution in [2.45, 2.75) is 20.4 Å². The third kappa shape index (κ3) is 3.91. The summed E-state index contributed by atoms with van der Waals surface area (Å²) in [6.45, 7) is 4.77. The maximum absolute atomic E-state index is 12.5. The molecule has 0 fully saturated rings. The van der Waals surface area contributed by atoms with E-state index in [1.807, 2.05) is 24.3 Å². The zero-order valence-electron chi connectivity index (χ0n) is 15.8. The first-order valence-electron chi connectivity index (χ1n) is 9.04. The number of nitrogens with one attached hydrogen (secondary N) is 2. The van der Waals surface area contributed by atoms with Crippen molar-refractivity contribution >= 4 is 17.3 Å². The topological polar surface area (TPSA) is 72.5 Å². The van der Waals surface area contributed by atoms with Crippen molar-refractivity contribution < 1.29 is 14.3 Å². The molecule has 0 atom stereocenters. The van der Waals surface area contributed by atoms with Crippen LogP contribution in [-0.2, 0) is 6.54 Å². The van der Waals surface area contributed by atoms with Gasteiger partial charge in [0.05, 0.1) is 17.4 Å². The van der Waals surface area contributed by atoms with Crippen LogP contribution in [0.4, 0.5) is 11.4 Å². The van der Waals surface area contributed by atoms with Gasteiger partial charge in [-0.2, -0.15) is 0 Å². The number of aryl methyl sites for hydroxylation is 2. The first-order valence-corrected chi connectivity index (χ1v) is 9.04. The van der Waals surface area contributed by atoms with Gasteiger partial charge in [-0.05, 0) is 60.9 Å². The van der Waals surface area contributed by atoms with Crippen molar-refractivity contribution in [1.82, 2.24) is 10.3 Å². The minimum Gasteiger partial charge on any atom is -0.454 e. The summed E-state index contributed by atoms with van der Waals surface area (Å²) in [5, 5.41) is 6.21. The number of fused-ring (bicyclic) bond motifs is 1. The van der Waals surface area contributed by atoms with Gasteiger partial charge in [0.15, 0.2) is 11.5 Å². The van der Waals surface area contributed by atoms with Crippen LogP contribution in [0.25, 0.3) is 0 Å². The van der Waals surface area contributed by atoms with E-state index in [9.17, 15) is 4.79 Å². The third-order valence-corrected chi connectivity index (χ3v) is 4.69. The van der Waals surface area contributed by atoms with Gasteiger partial charge in [0.1, 0.15) is 0 Å². The van der Waals surface area contributed by atoms with E-state index in [4.69, 9.17) is 9.47 Å². The average molecular weight is 375 g/mol. The largest absolute Gasteiger partial charge is 0.454 e. The monoisotopic (exact) mass is 375 g/mol. The molecule has 0 bridgehead atoms. The predicted octanol–water partition coefficient (Wildman–Crippen LogP) is 4.10. The molecule has 6 heteroatoms. The molecule has 0 saturated heterocycles. The highest BCUT2D eigenvalue weighted by atomic mass is 16.7. The lowest BCUT2D eigenvalue weighted by atomic mass is 10.1. The smallest absolute Gasteiger partial charge is 0.253 e. The summed E-state index contributed by atoms with van der Waals surface area (Å²) in [5.41, 5.74) is 5.60. The lowest BCUT2D eigenvalue weighted by Crippen LogP contribution is -2.23. The Morgan fingerprint density at radius 2 is 1.82 bits per heavy atom. The number of benzene rings is 2. The average Bonchev–Trinajstić information content (AvgIpc) is 3.17. The first kappa shape index (κ1) is 17.9. The number of amides is 1. The molecule has 2 N–H and O–H groups in total. The summed E-state index contributed by atoms with van der Waals surface area (Å²) in [5.74, 6) is 1.24. The number of carbonyl (C=O) groups excluding carboxylic acids is 1. The Labute approximate surface area is 163 Å². The molecule has 0 spiro atoms. The van der Waals surface area contributed by atoms with E-state index in [0.717, 1.165) is 22.7 Å². The number of rotatable bonds is 5. The normalized spacial score (nSPS) is 11.9. The van der Waals surface area contributed by atoms with E-state index in [-0.39, 0.29) is 12.7 Å². The first-order chi connectivity index (χ1) is 13.6. The molecule has 6 nitrogen and oxygen atoms in total. The van der Waals surface area contributed by atoms with Gasteiger partial charge >= 0.3 is 0 Å². The molecular formula is C22H21N3O3. The fourth-order valence-corrected chi connectivity index (χ4v) is 2.95. The van der Waals surface area contributed by atoms with Gasteiger partial charge < -0.3 is 20.1 Å². The summed E-state index contributed by atoms with van der Waals surface area (Å²) in [6, 6.07) is 13.6. The number of anilines is 2. The SMILES string of the molecule is Cc1ccc(Nc2cncc(C(=O)NCc3ccc4c(c3)OCO4)c2)cc1C. The Balaban J connectivity index is 1.41. The van der Waals surface area contributed by atoms with Gasteiger partial charge in [-0.1, -0.05) is 12.1 Å². The van der Waals surface area contributed by atoms with E-state index < -0.39 is 0 Å². The Kier molecular flexibility index (Phi) is 4.85. The zero-order valence-corrected chi connectivity index (χ0v) is 15.8. The number of nitrogens with zero attached hydrogens (tertiary/aromatic N) is 1. The van der Waals surface area contributed by atoms with Crippen LogP contribution in [0, 0.1) is 13.8 Å². The lowest BCUT2D eigenvalue weighted by molar-refractivity contribution is 0.0950. The van der Waals surface area contributed by atoms with E-state index in [2.05, 4.69) is 41.6 Å². The van der Waals surface area contributed by atoms with E-state index >= 15 is 0 Å². The molecule has 0 saturated carbocycles. The minimum atomic E-state index is -0.186. The molecule has 1 amide bonds. The third-order valence-electron chi connectivity index (χ3n) is 4.69. The lowest BCUT2D eigenvalue weighted by Gasteiger charge is -2.10. The van der Waals surface area contributed by atoms with Gasteiger partial charge in [-0.15, -0.1) is 0 Å². The predicted molar refractivity (Wildman–Crippen MR) is 107 cm³/mol. The number of ether oxygens (including phenoxy) is 2. The second-order valence-corrected chi connectivity index (χ2v) is 6.76. The number of hydrogen-bond acceptors (Lipinski definition) is 5. The second kappa shape index (κ2) is 7.60. The van der Waals surface area contributed by atoms with Gasteiger partial charge in [0, 0.05) is 18.4 Å². The van der Waals surface area contributed by atoms with Crippen molar-refractivity contribution in [1.29, 1.82) is 0 Å². The quantitative estimate of drug-likeness (QED) is 0.702. The van der Waals surface area contributed by atoms with Crippen LogP contribution in [-0.4, -0.2) is 17.7 Å². The van der Waals surface area contributed by atoms with E-state index in [0.29, 0.717) is 17.9 Å². The Bertz CT molecular complexity index is 1030. The van der Waals surface area contributed by atoms with E-state index in [1.165, 1.54) is 11.1 Å². The zero-order chi connectivity index (χ0) is 19.5. The van der Waals surface area contributed by atoms with Crippen molar-refractivity contribution in [2.75, 3.05) is 12.1 Å². The molecule has 2 heterocycles. The van der Waals surface area contributed by atoms with E-state index in [1.54, 1.807) is 18.5 Å². The summed E-state index contributed by atoms with van der Waals surface area (Å²) >= 11 is 0. The highest BCUT2D eigenvalue weighted by Gasteiger charge is 2.14. The molecule has 1 aliphatic heterocycles. The van der Waals surface area contributed by atoms with Crippen LogP contribution >= 0.6 is 0 Å². The van der Waals surface area contributed by atoms with Crippen LogP contribution < -0.4 is 20.1 Å². The van der Waals surface area contributed by atoms with Crippen LogP contribution in [0.1, 0.15) is 27.0 Å². The highest BCUT2D eigenvalue weighted by molar-refractivity contribution is 5.94. The molecule has 4 rings (SSSR count). The summed E-state index contributed by atoms with van der Waals surface area (Å²) in [6.07, 6.45) is 3.25. The second-order valence-electron chi connectivity index (χ2n) is 6.76. The van der Waals surface area contributed by atoms with Gasteiger partial charge in [-0.25, -0.2) is 0 Å². The molecule has 2 aromatic carbocycles. The standard InChI is InChI=1S/C22H21N3O3/c1-14-3-5-18(7-15(14)2)25-19-9-17(11-23-12-19)22(26)24-10-16-4-6-20-21(8-16)28-13-27-20/h3-9,11-12,25H,10,13H2,1-2H3,(H,24,26). The number of carbonyl (C=O) groups is 1. The van der Waals surface area contributed by atoms with Crippen LogP contribution in [0.2, 0.25) is 0 Å². The maximum Gasteiger partial charge on any atom is 0.253 e. The van der Waals surface area contributed by atoms with Crippen molar-refractivity contribution in [3.63, 3.8) is 0 Å². The molecule has 0 aliphatic carbocycles. The molecule has 3 aromatic rings. The maximum atomic E-state index is 12.5. The van der Waals surface area contributed by atoms with Crippen molar-refractivity contribution in [2.24, 2.45) is 0 Å². The molecule has 0 radical (unpaired) electrons. The van der Waals surface area contributed by atoms with Crippen LogP contribution in [0.3, 0.4) is 0 Å². The fourth-order valence-electron chi connectivity index (χ4n) is 2.95. The molecular weight excluding hydrogens is 354 g/mol. The Morgan fingerprint density at radius 1 is 0.964 bits per heavy atom. The number of aromatic nitrogens is 1. The molecule has 28 heavy (non-hydrogen) atoms. The minimum absolute atomic E-state index is 0.186. The van der Waals surface area contributed by atoms with Gasteiger partial charge in [-0.3, -0.25) is 9.78 Å². The molecule has 1 aliphatic rings. The van der Waals surface area contributed by atoms with Crippen molar-refractivity contribution in [3.8, 4) is 11.5 Å².